The Labute approximate surface area is 384 Å². The Bertz CT molecular complexity index is 3760. The average molecular weight is 859 g/mol. The molecular formula is C59H34N6S. The quantitative estimate of drug-likeness (QED) is 0.150. The van der Waals surface area contributed by atoms with Gasteiger partial charge in [-0.05, 0) is 94.0 Å². The molecule has 0 bridgehead atoms. The molecule has 306 valence electrons. The minimum Gasteiger partial charge on any atom is -0.308 e. The predicted molar refractivity (Wildman–Crippen MR) is 271 cm³/mol. The lowest BCUT2D eigenvalue weighted by atomic mass is 9.96. The number of benzene rings is 9. The monoisotopic (exact) mass is 858 g/mol. The van der Waals surface area contributed by atoms with Crippen molar-refractivity contribution < 1.29 is 0 Å². The molecule has 0 N–H and O–H groups in total. The van der Waals surface area contributed by atoms with Crippen molar-refractivity contribution in [2.24, 2.45) is 0 Å². The van der Waals surface area contributed by atoms with E-state index in [-0.39, 0.29) is 0 Å². The summed E-state index contributed by atoms with van der Waals surface area (Å²) >= 11 is 1.81. The van der Waals surface area contributed by atoms with Crippen LogP contribution in [0.2, 0.25) is 0 Å². The highest BCUT2D eigenvalue weighted by Gasteiger charge is 2.22. The molecule has 3 heterocycles. The molecule has 0 spiro atoms. The van der Waals surface area contributed by atoms with Crippen molar-refractivity contribution in [1.82, 2.24) is 19.5 Å². The van der Waals surface area contributed by atoms with Crippen LogP contribution in [0, 0.1) is 17.9 Å². The van der Waals surface area contributed by atoms with Crippen molar-refractivity contribution in [3.05, 3.63) is 223 Å². The summed E-state index contributed by atoms with van der Waals surface area (Å²) < 4.78 is 4.83. The third-order valence-electron chi connectivity index (χ3n) is 12.3. The van der Waals surface area contributed by atoms with E-state index >= 15 is 0 Å². The molecule has 0 amide bonds. The van der Waals surface area contributed by atoms with E-state index in [0.29, 0.717) is 28.7 Å². The Morgan fingerprint density at radius 2 is 0.985 bits per heavy atom. The fourth-order valence-corrected chi connectivity index (χ4v) is 10.3. The Kier molecular flexibility index (Phi) is 9.35. The molecule has 0 saturated heterocycles. The lowest BCUT2D eigenvalue weighted by molar-refractivity contribution is 1.06. The predicted octanol–water partition coefficient (Wildman–Crippen LogP) is 15.8. The van der Waals surface area contributed by atoms with E-state index in [0.717, 1.165) is 77.6 Å². The third-order valence-corrected chi connectivity index (χ3v) is 13.5. The summed E-state index contributed by atoms with van der Waals surface area (Å²) in [6.07, 6.45) is 0. The van der Waals surface area contributed by atoms with E-state index in [9.17, 15) is 5.26 Å². The number of hydrogen-bond donors (Lipinski definition) is 0. The molecule has 9 aromatic carbocycles. The van der Waals surface area contributed by atoms with Crippen LogP contribution in [0.1, 0.15) is 5.56 Å². The fourth-order valence-electron chi connectivity index (χ4n) is 9.13. The third kappa shape index (κ3) is 6.67. The first-order chi connectivity index (χ1) is 32.6. The lowest BCUT2D eigenvalue weighted by Crippen LogP contribution is -2.04. The number of nitrogens with zero attached hydrogens (tertiary/aromatic N) is 6. The van der Waals surface area contributed by atoms with Crippen molar-refractivity contribution >= 4 is 59.0 Å². The molecule has 6 nitrogen and oxygen atoms in total. The van der Waals surface area contributed by atoms with E-state index in [1.807, 2.05) is 121 Å². The number of thiophene rings is 1. The van der Waals surface area contributed by atoms with Crippen LogP contribution in [0.25, 0.3) is 120 Å². The summed E-state index contributed by atoms with van der Waals surface area (Å²) in [7, 11) is 0. The van der Waals surface area contributed by atoms with Gasteiger partial charge in [0, 0.05) is 47.6 Å². The van der Waals surface area contributed by atoms with Crippen molar-refractivity contribution in [2.45, 2.75) is 0 Å². The van der Waals surface area contributed by atoms with Crippen LogP contribution in [0.4, 0.5) is 5.69 Å². The Morgan fingerprint density at radius 1 is 0.439 bits per heavy atom. The average Bonchev–Trinajstić information content (AvgIpc) is 3.94. The smallest absolute Gasteiger partial charge is 0.187 e. The summed E-state index contributed by atoms with van der Waals surface area (Å²) in [5.41, 5.74) is 13.2. The Balaban J connectivity index is 1.16. The molecule has 12 aromatic rings. The molecule has 0 aliphatic heterocycles. The van der Waals surface area contributed by atoms with Gasteiger partial charge in [-0.15, -0.1) is 11.3 Å². The number of hydrogen-bond acceptors (Lipinski definition) is 5. The molecule has 0 atom stereocenters. The van der Waals surface area contributed by atoms with Crippen LogP contribution in [-0.4, -0.2) is 19.5 Å². The minimum atomic E-state index is 0.558. The number of rotatable bonds is 7. The van der Waals surface area contributed by atoms with Gasteiger partial charge < -0.3 is 4.57 Å². The van der Waals surface area contributed by atoms with Crippen LogP contribution >= 0.6 is 11.3 Å². The first-order valence-electron chi connectivity index (χ1n) is 21.6. The largest absolute Gasteiger partial charge is 0.308 e. The second-order valence-corrected chi connectivity index (χ2v) is 17.3. The van der Waals surface area contributed by atoms with Crippen molar-refractivity contribution in [2.75, 3.05) is 0 Å². The molecule has 0 fully saturated rings. The van der Waals surface area contributed by atoms with Crippen molar-refractivity contribution in [3.63, 3.8) is 0 Å². The molecule has 0 unspecified atom stereocenters. The van der Waals surface area contributed by atoms with Gasteiger partial charge in [-0.3, -0.25) is 0 Å². The first-order valence-corrected chi connectivity index (χ1v) is 22.4. The van der Waals surface area contributed by atoms with E-state index in [2.05, 4.69) is 113 Å². The van der Waals surface area contributed by atoms with E-state index < -0.39 is 0 Å². The molecule has 3 aromatic heterocycles. The molecule has 12 rings (SSSR count). The number of nitriles is 1. The molecule has 0 aliphatic rings. The maximum absolute atomic E-state index is 9.55. The lowest BCUT2D eigenvalue weighted by Gasteiger charge is -2.17. The van der Waals surface area contributed by atoms with Gasteiger partial charge in [0.1, 0.15) is 0 Å². The van der Waals surface area contributed by atoms with E-state index in [4.69, 9.17) is 21.5 Å². The zero-order valence-electron chi connectivity index (χ0n) is 35.2. The summed E-state index contributed by atoms with van der Waals surface area (Å²) in [6, 6.07) is 73.1. The molecule has 0 aliphatic carbocycles. The standard InChI is InChI=1S/C59H34N6S/c1-61-45-28-23-39(24-29-45)43-26-31-52-49(34-43)48-33-42(38-21-19-37(36-60)20-22-38)25-30-51(48)65(52)53-32-27-44(46-16-10-18-55-56(46)47-15-8-9-17-54(47)66-55)35-50(53)59-63-57(40-11-4-2-5-12-40)62-58(64-59)41-13-6-3-7-14-41/h2-35H. The topological polar surface area (TPSA) is 71.8 Å². The normalized spacial score (nSPS) is 11.3. The van der Waals surface area contributed by atoms with Gasteiger partial charge in [-0.1, -0.05) is 146 Å². The highest BCUT2D eigenvalue weighted by molar-refractivity contribution is 7.25. The molecule has 66 heavy (non-hydrogen) atoms. The van der Waals surface area contributed by atoms with Crippen LogP contribution < -0.4 is 0 Å². The van der Waals surface area contributed by atoms with Gasteiger partial charge in [0.05, 0.1) is 34.9 Å². The number of aromatic nitrogens is 4. The SMILES string of the molecule is [C-]#[N+]c1ccc(-c2ccc3c(c2)c2cc(-c4ccc(C#N)cc4)ccc2n3-c2ccc(-c3cccc4sc5ccccc5c34)cc2-c2nc(-c3ccccc3)nc(-c3ccccc3)n2)cc1. The van der Waals surface area contributed by atoms with Gasteiger partial charge in [0.15, 0.2) is 23.2 Å². The summed E-state index contributed by atoms with van der Waals surface area (Å²) in [4.78, 5) is 19.4. The van der Waals surface area contributed by atoms with Crippen LogP contribution in [0.5, 0.6) is 0 Å². The van der Waals surface area contributed by atoms with Gasteiger partial charge in [0.25, 0.3) is 0 Å². The minimum absolute atomic E-state index is 0.558. The first kappa shape index (κ1) is 38.6. The molecular weight excluding hydrogens is 825 g/mol. The van der Waals surface area contributed by atoms with Gasteiger partial charge in [-0.25, -0.2) is 19.8 Å². The van der Waals surface area contributed by atoms with Gasteiger partial charge >= 0.3 is 0 Å². The van der Waals surface area contributed by atoms with Gasteiger partial charge in [-0.2, -0.15) is 5.26 Å². The molecule has 0 saturated carbocycles. The van der Waals surface area contributed by atoms with Crippen molar-refractivity contribution in [3.8, 4) is 79.3 Å². The highest BCUT2D eigenvalue weighted by Crippen LogP contribution is 2.44. The maximum Gasteiger partial charge on any atom is 0.187 e. The summed E-state index contributed by atoms with van der Waals surface area (Å²) in [5, 5.41) is 14.2. The highest BCUT2D eigenvalue weighted by atomic mass is 32.1. The van der Waals surface area contributed by atoms with Crippen LogP contribution in [0.3, 0.4) is 0 Å². The fraction of sp³-hybridized carbons (Fsp3) is 0. The van der Waals surface area contributed by atoms with E-state index in [1.54, 1.807) is 0 Å². The summed E-state index contributed by atoms with van der Waals surface area (Å²) in [5.74, 6) is 1.73. The molecule has 7 heteroatoms. The van der Waals surface area contributed by atoms with Crippen molar-refractivity contribution in [1.29, 1.82) is 5.26 Å². The second-order valence-electron chi connectivity index (χ2n) is 16.2. The maximum atomic E-state index is 9.55. The van der Waals surface area contributed by atoms with Gasteiger partial charge in [0.2, 0.25) is 0 Å². The van der Waals surface area contributed by atoms with E-state index in [1.165, 1.54) is 20.2 Å². The number of fused-ring (bicyclic) bond motifs is 6. The zero-order chi connectivity index (χ0) is 44.1. The Morgan fingerprint density at radius 3 is 1.61 bits per heavy atom. The second kappa shape index (κ2) is 16.0. The summed E-state index contributed by atoms with van der Waals surface area (Å²) in [6.45, 7) is 7.52. The van der Waals surface area contributed by atoms with Crippen LogP contribution in [0.15, 0.2) is 206 Å². The molecule has 0 radical (unpaired) electrons. The van der Waals surface area contributed by atoms with Crippen LogP contribution in [-0.2, 0) is 0 Å². The zero-order valence-corrected chi connectivity index (χ0v) is 36.0. The Hall–Kier alpha value is -9.01.